The molecule has 0 aromatic rings. The molecular weight excluding hydrogens is 202 g/mol. The van der Waals surface area contributed by atoms with E-state index in [4.69, 9.17) is 5.11 Å². The zero-order valence-electron chi connectivity index (χ0n) is 10.5. The van der Waals surface area contributed by atoms with Crippen LogP contribution in [0.2, 0.25) is 0 Å². The fraction of sp³-hybridized carbons (Fsp3) is 0.923. The van der Waals surface area contributed by atoms with Gasteiger partial charge < -0.3 is 10.4 Å². The van der Waals surface area contributed by atoms with Crippen LogP contribution in [0.3, 0.4) is 0 Å². The van der Waals surface area contributed by atoms with E-state index in [-0.39, 0.29) is 6.42 Å². The van der Waals surface area contributed by atoms with Crippen molar-refractivity contribution in [1.29, 1.82) is 0 Å². The van der Waals surface area contributed by atoms with Crippen molar-refractivity contribution in [3.8, 4) is 0 Å². The van der Waals surface area contributed by atoms with Gasteiger partial charge in [-0.15, -0.1) is 0 Å². The van der Waals surface area contributed by atoms with Crippen molar-refractivity contribution in [3.05, 3.63) is 0 Å². The lowest BCUT2D eigenvalue weighted by Crippen LogP contribution is -2.33. The van der Waals surface area contributed by atoms with Crippen LogP contribution in [0.5, 0.6) is 0 Å². The summed E-state index contributed by atoms with van der Waals surface area (Å²) in [6.07, 6.45) is 6.39. The van der Waals surface area contributed by atoms with Gasteiger partial charge in [0.15, 0.2) is 0 Å². The molecule has 0 aliphatic heterocycles. The molecule has 16 heavy (non-hydrogen) atoms. The second-order valence-corrected chi connectivity index (χ2v) is 5.37. The number of carbonyl (C=O) groups is 1. The number of carboxylic acids is 1. The lowest BCUT2D eigenvalue weighted by molar-refractivity contribution is -0.137. The highest BCUT2D eigenvalue weighted by Crippen LogP contribution is 2.27. The number of aliphatic carboxylic acids is 1. The first-order chi connectivity index (χ1) is 7.58. The van der Waals surface area contributed by atoms with Gasteiger partial charge in [-0.1, -0.05) is 19.8 Å². The van der Waals surface area contributed by atoms with Gasteiger partial charge in [-0.05, 0) is 44.6 Å². The van der Waals surface area contributed by atoms with Gasteiger partial charge in [0.1, 0.15) is 0 Å². The number of rotatable bonds is 6. The molecule has 0 aromatic carbocycles. The summed E-state index contributed by atoms with van der Waals surface area (Å²) >= 11 is 0. The molecule has 1 aliphatic carbocycles. The molecule has 0 bridgehead atoms. The molecule has 2 N–H and O–H groups in total. The minimum Gasteiger partial charge on any atom is -0.481 e. The van der Waals surface area contributed by atoms with Crippen LogP contribution in [-0.4, -0.2) is 23.7 Å². The average molecular weight is 227 g/mol. The molecule has 0 spiro atoms. The molecule has 1 atom stereocenters. The van der Waals surface area contributed by atoms with Gasteiger partial charge in [-0.2, -0.15) is 0 Å². The standard InChI is InChI=1S/C13H25NO2/c1-10-3-6-12(7-4-10)9-14-11(2)5-8-13(15)16/h10-12,14H,3-9H2,1-2H3,(H,15,16). The molecule has 1 aliphatic rings. The van der Waals surface area contributed by atoms with Crippen molar-refractivity contribution in [2.45, 2.75) is 58.4 Å². The maximum atomic E-state index is 10.4. The summed E-state index contributed by atoms with van der Waals surface area (Å²) in [5.74, 6) is 1.02. The fourth-order valence-corrected chi connectivity index (χ4v) is 2.34. The number of carboxylic acid groups (broad SMARTS) is 1. The smallest absolute Gasteiger partial charge is 0.303 e. The van der Waals surface area contributed by atoms with Crippen LogP contribution >= 0.6 is 0 Å². The Balaban J connectivity index is 2.07. The van der Waals surface area contributed by atoms with E-state index in [1.165, 1.54) is 25.7 Å². The average Bonchev–Trinajstić information content (AvgIpc) is 2.25. The molecule has 1 saturated carbocycles. The van der Waals surface area contributed by atoms with Gasteiger partial charge in [0.25, 0.3) is 0 Å². The highest BCUT2D eigenvalue weighted by atomic mass is 16.4. The molecular formula is C13H25NO2. The number of hydrogen-bond acceptors (Lipinski definition) is 2. The molecule has 94 valence electrons. The number of hydrogen-bond donors (Lipinski definition) is 2. The molecule has 0 saturated heterocycles. The Labute approximate surface area is 98.6 Å². The fourth-order valence-electron chi connectivity index (χ4n) is 2.34. The van der Waals surface area contributed by atoms with Gasteiger partial charge in [0.05, 0.1) is 0 Å². The highest BCUT2D eigenvalue weighted by Gasteiger charge is 2.18. The molecule has 0 aromatic heterocycles. The highest BCUT2D eigenvalue weighted by molar-refractivity contribution is 5.66. The van der Waals surface area contributed by atoms with Crippen molar-refractivity contribution in [2.24, 2.45) is 11.8 Å². The maximum Gasteiger partial charge on any atom is 0.303 e. The van der Waals surface area contributed by atoms with E-state index >= 15 is 0 Å². The predicted molar refractivity (Wildman–Crippen MR) is 65.5 cm³/mol. The van der Waals surface area contributed by atoms with Crippen LogP contribution in [0.15, 0.2) is 0 Å². The van der Waals surface area contributed by atoms with Crippen LogP contribution in [0.1, 0.15) is 52.4 Å². The van der Waals surface area contributed by atoms with E-state index in [1.807, 2.05) is 0 Å². The summed E-state index contributed by atoms with van der Waals surface area (Å²) in [5, 5.41) is 12.0. The third-order valence-corrected chi connectivity index (χ3v) is 3.68. The minimum atomic E-state index is -0.694. The molecule has 1 fully saturated rings. The molecule has 3 heteroatoms. The Hall–Kier alpha value is -0.570. The van der Waals surface area contributed by atoms with E-state index in [2.05, 4.69) is 19.2 Å². The molecule has 0 radical (unpaired) electrons. The first-order valence-electron chi connectivity index (χ1n) is 6.53. The van der Waals surface area contributed by atoms with Crippen molar-refractivity contribution in [3.63, 3.8) is 0 Å². The largest absolute Gasteiger partial charge is 0.481 e. The van der Waals surface area contributed by atoms with Crippen molar-refractivity contribution in [2.75, 3.05) is 6.54 Å². The topological polar surface area (TPSA) is 49.3 Å². The summed E-state index contributed by atoms with van der Waals surface area (Å²) in [6, 6.07) is 0.329. The van der Waals surface area contributed by atoms with Gasteiger partial charge >= 0.3 is 5.97 Å². The first kappa shape index (κ1) is 13.5. The molecule has 1 rings (SSSR count). The Morgan fingerprint density at radius 3 is 2.56 bits per heavy atom. The third kappa shape index (κ3) is 5.50. The maximum absolute atomic E-state index is 10.4. The molecule has 0 amide bonds. The zero-order valence-corrected chi connectivity index (χ0v) is 10.5. The van der Waals surface area contributed by atoms with E-state index in [0.29, 0.717) is 6.04 Å². The Morgan fingerprint density at radius 1 is 1.38 bits per heavy atom. The molecule has 3 nitrogen and oxygen atoms in total. The van der Waals surface area contributed by atoms with Crippen molar-refractivity contribution < 1.29 is 9.90 Å². The predicted octanol–water partition coefficient (Wildman–Crippen LogP) is 2.66. The zero-order chi connectivity index (χ0) is 12.0. The second-order valence-electron chi connectivity index (χ2n) is 5.37. The SMILES string of the molecule is CC1CCC(CNC(C)CCC(=O)O)CC1. The Kier molecular flexibility index (Phi) is 5.81. The Morgan fingerprint density at radius 2 is 2.00 bits per heavy atom. The van der Waals surface area contributed by atoms with E-state index in [1.54, 1.807) is 0 Å². The minimum absolute atomic E-state index is 0.274. The van der Waals surface area contributed by atoms with Crippen molar-refractivity contribution in [1.82, 2.24) is 5.32 Å². The van der Waals surface area contributed by atoms with Crippen LogP contribution < -0.4 is 5.32 Å². The summed E-state index contributed by atoms with van der Waals surface area (Å²) in [5.41, 5.74) is 0. The van der Waals surface area contributed by atoms with Crippen LogP contribution in [0.25, 0.3) is 0 Å². The quantitative estimate of drug-likeness (QED) is 0.733. The third-order valence-electron chi connectivity index (χ3n) is 3.68. The molecule has 0 heterocycles. The summed E-state index contributed by atoms with van der Waals surface area (Å²) in [7, 11) is 0. The summed E-state index contributed by atoms with van der Waals surface area (Å²) in [4.78, 5) is 10.4. The lowest BCUT2D eigenvalue weighted by atomic mass is 9.83. The van der Waals surface area contributed by atoms with E-state index in [0.717, 1.165) is 24.8 Å². The van der Waals surface area contributed by atoms with Crippen molar-refractivity contribution >= 4 is 5.97 Å². The van der Waals surface area contributed by atoms with Crippen LogP contribution in [0.4, 0.5) is 0 Å². The van der Waals surface area contributed by atoms with Crippen LogP contribution in [0, 0.1) is 11.8 Å². The van der Waals surface area contributed by atoms with Gasteiger partial charge in [-0.3, -0.25) is 4.79 Å². The van der Waals surface area contributed by atoms with Gasteiger partial charge in [-0.25, -0.2) is 0 Å². The Bertz CT molecular complexity index is 210. The lowest BCUT2D eigenvalue weighted by Gasteiger charge is -2.27. The van der Waals surface area contributed by atoms with Gasteiger partial charge in [0, 0.05) is 12.5 Å². The van der Waals surface area contributed by atoms with E-state index < -0.39 is 5.97 Å². The van der Waals surface area contributed by atoms with Crippen LogP contribution in [-0.2, 0) is 4.79 Å². The van der Waals surface area contributed by atoms with Gasteiger partial charge in [0.2, 0.25) is 0 Å². The summed E-state index contributed by atoms with van der Waals surface area (Å²) < 4.78 is 0. The molecule has 1 unspecified atom stereocenters. The summed E-state index contributed by atoms with van der Waals surface area (Å²) in [6.45, 7) is 5.47. The first-order valence-corrected chi connectivity index (χ1v) is 6.53. The van der Waals surface area contributed by atoms with E-state index in [9.17, 15) is 4.79 Å². The number of nitrogens with one attached hydrogen (secondary N) is 1. The monoisotopic (exact) mass is 227 g/mol. The second kappa shape index (κ2) is 6.89. The normalized spacial score (nSPS) is 27.6.